The van der Waals surface area contributed by atoms with Gasteiger partial charge in [0, 0.05) is 49.3 Å². The zero-order chi connectivity index (χ0) is 36.8. The lowest BCUT2D eigenvalue weighted by Gasteiger charge is -2.38. The van der Waals surface area contributed by atoms with E-state index >= 15 is 0 Å². The molecule has 2 unspecified atom stereocenters. The predicted molar refractivity (Wildman–Crippen MR) is 187 cm³/mol. The number of amidine groups is 1. The molecule has 50 heavy (non-hydrogen) atoms. The summed E-state index contributed by atoms with van der Waals surface area (Å²) in [7, 11) is -0.442. The standard InChI is InChI=1S/C29H27Cl2F3N4O5S.C4H12N2/c1-2-43-24-17-20(29(32,33)34)7-12-23(24)27-35-25(18-3-8-21(30)9-4-18)26(19-5-10-22(31)11-6-19)38(27)28(39)36-13-15-37(16-14-36)44(40,41)42;1-6(2)4-3-5/h3-12,17,25-26H,2,13-16H2,1H3,(H,40,41,42);3-5H2,1-2H3. The molecular formula is C33H39Cl2F3N6O5S. The van der Waals surface area contributed by atoms with Crippen LogP contribution in [0.1, 0.15) is 41.3 Å². The fourth-order valence-electron chi connectivity index (χ4n) is 5.53. The van der Waals surface area contributed by atoms with E-state index in [1.165, 1.54) is 15.9 Å². The molecule has 2 heterocycles. The Labute approximate surface area is 299 Å². The van der Waals surface area contributed by atoms with Gasteiger partial charge in [-0.1, -0.05) is 47.5 Å². The fourth-order valence-corrected chi connectivity index (χ4v) is 6.41. The summed E-state index contributed by atoms with van der Waals surface area (Å²) in [6, 6.07) is 14.6. The van der Waals surface area contributed by atoms with Crippen molar-refractivity contribution in [3.8, 4) is 5.75 Å². The van der Waals surface area contributed by atoms with E-state index in [4.69, 9.17) is 38.7 Å². The number of nitrogens with two attached hydrogens (primary N) is 1. The summed E-state index contributed by atoms with van der Waals surface area (Å²) < 4.78 is 80.3. The van der Waals surface area contributed by atoms with Crippen molar-refractivity contribution < 1.29 is 35.7 Å². The average molecular weight is 760 g/mol. The van der Waals surface area contributed by atoms with Gasteiger partial charge in [-0.15, -0.1) is 0 Å². The lowest BCUT2D eigenvalue weighted by atomic mass is 9.93. The van der Waals surface area contributed by atoms with E-state index in [0.717, 1.165) is 29.5 Å². The van der Waals surface area contributed by atoms with Crippen molar-refractivity contribution in [1.82, 2.24) is 19.0 Å². The molecule has 0 spiro atoms. The Morgan fingerprint density at radius 1 is 0.980 bits per heavy atom. The van der Waals surface area contributed by atoms with Crippen LogP contribution in [-0.2, 0) is 16.5 Å². The number of carbonyl (C=O) groups excluding carboxylic acids is 1. The largest absolute Gasteiger partial charge is 0.493 e. The maximum absolute atomic E-state index is 14.4. The molecular weight excluding hydrogens is 720 g/mol. The number of benzene rings is 3. The maximum Gasteiger partial charge on any atom is 0.416 e. The van der Waals surface area contributed by atoms with Gasteiger partial charge in [0.05, 0.1) is 23.8 Å². The summed E-state index contributed by atoms with van der Waals surface area (Å²) in [5.74, 6) is -0.0361. The molecule has 2 amide bonds. The van der Waals surface area contributed by atoms with Crippen LogP contribution in [-0.4, -0.2) is 104 Å². The van der Waals surface area contributed by atoms with Crippen LogP contribution in [0.15, 0.2) is 71.7 Å². The lowest BCUT2D eigenvalue weighted by molar-refractivity contribution is -0.137. The molecule has 17 heteroatoms. The van der Waals surface area contributed by atoms with Crippen molar-refractivity contribution in [3.63, 3.8) is 0 Å². The molecule has 11 nitrogen and oxygen atoms in total. The van der Waals surface area contributed by atoms with Crippen molar-refractivity contribution in [2.75, 3.05) is 60.0 Å². The highest BCUT2D eigenvalue weighted by Crippen LogP contribution is 2.46. The Hall–Kier alpha value is -3.44. The SMILES string of the molecule is CCOc1cc(C(F)(F)F)ccc1C1=NC(c2ccc(Cl)cc2)C(c2ccc(Cl)cc2)N1C(=O)N1CCN(S(=O)(=O)O)CC1.CN(C)CCN. The van der Waals surface area contributed by atoms with Gasteiger partial charge in [0.15, 0.2) is 0 Å². The number of piperazine rings is 1. The van der Waals surface area contributed by atoms with Crippen molar-refractivity contribution in [3.05, 3.63) is 99.0 Å². The van der Waals surface area contributed by atoms with Crippen LogP contribution >= 0.6 is 23.2 Å². The quantitative estimate of drug-likeness (QED) is 0.270. The number of urea groups is 1. The molecule has 0 aromatic heterocycles. The smallest absolute Gasteiger partial charge is 0.416 e. The predicted octanol–water partition coefficient (Wildman–Crippen LogP) is 6.00. The van der Waals surface area contributed by atoms with Crippen LogP contribution < -0.4 is 10.5 Å². The molecule has 0 saturated carbocycles. The van der Waals surface area contributed by atoms with Crippen LogP contribution in [0.2, 0.25) is 10.0 Å². The molecule has 1 saturated heterocycles. The first-order valence-electron chi connectivity index (χ1n) is 15.6. The minimum atomic E-state index is -4.64. The molecule has 2 aliphatic heterocycles. The molecule has 5 rings (SSSR count). The Morgan fingerprint density at radius 3 is 2.00 bits per heavy atom. The number of hydrogen-bond acceptors (Lipinski definition) is 7. The van der Waals surface area contributed by atoms with Crippen molar-refractivity contribution in [1.29, 1.82) is 0 Å². The van der Waals surface area contributed by atoms with Crippen molar-refractivity contribution in [2.24, 2.45) is 10.7 Å². The number of rotatable bonds is 8. The highest BCUT2D eigenvalue weighted by molar-refractivity contribution is 7.83. The number of carbonyl (C=O) groups is 1. The summed E-state index contributed by atoms with van der Waals surface area (Å²) in [5.41, 5.74) is 5.75. The molecule has 0 radical (unpaired) electrons. The molecule has 3 N–H and O–H groups in total. The van der Waals surface area contributed by atoms with Gasteiger partial charge >= 0.3 is 22.5 Å². The van der Waals surface area contributed by atoms with Crippen molar-refractivity contribution >= 4 is 45.4 Å². The maximum atomic E-state index is 14.4. The molecule has 2 aliphatic rings. The normalized spacial score (nSPS) is 18.5. The van der Waals surface area contributed by atoms with Crippen LogP contribution in [0.25, 0.3) is 0 Å². The van der Waals surface area contributed by atoms with Crippen LogP contribution in [0.3, 0.4) is 0 Å². The summed E-state index contributed by atoms with van der Waals surface area (Å²) in [5, 5.41) is 0.932. The highest BCUT2D eigenvalue weighted by Gasteiger charge is 2.45. The third kappa shape index (κ3) is 9.66. The topological polar surface area (TPSA) is 132 Å². The Balaban J connectivity index is 0.000000860. The van der Waals surface area contributed by atoms with Gasteiger partial charge in [-0.05, 0) is 74.6 Å². The minimum Gasteiger partial charge on any atom is -0.493 e. The number of alkyl halides is 3. The average Bonchev–Trinajstić information content (AvgIpc) is 3.45. The number of aliphatic imine (C=N–C) groups is 1. The molecule has 0 bridgehead atoms. The second-order valence-corrected chi connectivity index (χ2v) is 14.0. The van der Waals surface area contributed by atoms with Crippen molar-refractivity contribution in [2.45, 2.75) is 25.2 Å². The Bertz CT molecular complexity index is 1750. The van der Waals surface area contributed by atoms with E-state index in [-0.39, 0.29) is 49.9 Å². The van der Waals surface area contributed by atoms with Gasteiger partial charge < -0.3 is 20.3 Å². The highest BCUT2D eigenvalue weighted by atomic mass is 35.5. The monoisotopic (exact) mass is 758 g/mol. The van der Waals surface area contributed by atoms with E-state index in [0.29, 0.717) is 21.2 Å². The van der Waals surface area contributed by atoms with Gasteiger partial charge in [-0.3, -0.25) is 14.4 Å². The zero-order valence-corrected chi connectivity index (χ0v) is 30.0. The molecule has 0 aliphatic carbocycles. The number of hydrogen-bond donors (Lipinski definition) is 2. The van der Waals surface area contributed by atoms with Gasteiger partial charge in [0.25, 0.3) is 0 Å². The van der Waals surface area contributed by atoms with Gasteiger partial charge in [-0.2, -0.15) is 25.9 Å². The summed E-state index contributed by atoms with van der Waals surface area (Å²) in [4.78, 5) is 24.2. The van der Waals surface area contributed by atoms with Gasteiger partial charge in [-0.25, -0.2) is 4.79 Å². The molecule has 3 aromatic carbocycles. The summed E-state index contributed by atoms with van der Waals surface area (Å²) >= 11 is 12.3. The van der Waals surface area contributed by atoms with Crippen LogP contribution in [0.5, 0.6) is 5.75 Å². The molecule has 2 atom stereocenters. The van der Waals surface area contributed by atoms with Crippen LogP contribution in [0.4, 0.5) is 18.0 Å². The second-order valence-electron chi connectivity index (χ2n) is 11.7. The van der Waals surface area contributed by atoms with E-state index in [9.17, 15) is 30.9 Å². The number of amides is 2. The Kier molecular flexibility index (Phi) is 13.2. The first kappa shape index (κ1) is 39.3. The first-order chi connectivity index (χ1) is 23.5. The molecule has 272 valence electrons. The van der Waals surface area contributed by atoms with Gasteiger partial charge in [0.2, 0.25) is 0 Å². The number of nitrogens with zero attached hydrogens (tertiary/aromatic N) is 5. The fraction of sp³-hybridized carbons (Fsp3) is 0.394. The number of halogens is 5. The second kappa shape index (κ2) is 16.7. The van der Waals surface area contributed by atoms with E-state index < -0.39 is 40.2 Å². The van der Waals surface area contributed by atoms with E-state index in [1.807, 2.05) is 14.1 Å². The number of ether oxygens (including phenoxy) is 1. The zero-order valence-electron chi connectivity index (χ0n) is 27.6. The summed E-state index contributed by atoms with van der Waals surface area (Å²) in [6.45, 7) is 3.02. The Morgan fingerprint density at radius 2 is 1.54 bits per heavy atom. The van der Waals surface area contributed by atoms with E-state index in [1.54, 1.807) is 55.5 Å². The third-order valence-electron chi connectivity index (χ3n) is 7.96. The summed E-state index contributed by atoms with van der Waals surface area (Å²) in [6.07, 6.45) is -4.64. The van der Waals surface area contributed by atoms with E-state index in [2.05, 4.69) is 4.90 Å². The molecule has 1 fully saturated rings. The third-order valence-corrected chi connectivity index (χ3v) is 9.48. The molecule has 3 aromatic rings. The van der Waals surface area contributed by atoms with Crippen LogP contribution in [0, 0.1) is 0 Å². The van der Waals surface area contributed by atoms with Gasteiger partial charge in [0.1, 0.15) is 17.6 Å². The minimum absolute atomic E-state index is 0.0489. The lowest BCUT2D eigenvalue weighted by Crippen LogP contribution is -2.55. The number of likely N-dealkylation sites (N-methyl/N-ethyl adjacent to an activating group) is 1. The first-order valence-corrected chi connectivity index (χ1v) is 17.8.